The van der Waals surface area contributed by atoms with Crippen LogP contribution < -0.4 is 5.32 Å². The third kappa shape index (κ3) is 11.7. The van der Waals surface area contributed by atoms with Crippen LogP contribution in [0.2, 0.25) is 0 Å². The molecule has 1 saturated carbocycles. The summed E-state index contributed by atoms with van der Waals surface area (Å²) in [5.41, 5.74) is 0.122. The van der Waals surface area contributed by atoms with Crippen molar-refractivity contribution < 1.29 is 52.9 Å². The number of unbranched alkanes of at least 4 members (excludes halogenated alkanes) is 4. The minimum atomic E-state index is -1.56. The highest BCUT2D eigenvalue weighted by molar-refractivity contribution is 5.96. The van der Waals surface area contributed by atoms with E-state index in [0.717, 1.165) is 55.2 Å². The second kappa shape index (κ2) is 22.0. The quantitative estimate of drug-likeness (QED) is 0.0816. The fourth-order valence-electron chi connectivity index (χ4n) is 9.81. The molecular weight excluding hydrogens is 845 g/mol. The van der Waals surface area contributed by atoms with Crippen molar-refractivity contribution in [3.63, 3.8) is 0 Å². The van der Waals surface area contributed by atoms with Crippen LogP contribution in [0.5, 0.6) is 0 Å². The first-order chi connectivity index (χ1) is 31.4. The number of nitrogens with zero attached hydrogens (tertiary/aromatic N) is 3. The number of nitrogens with one attached hydrogen (secondary N) is 1. The number of amides is 3. The van der Waals surface area contributed by atoms with Gasteiger partial charge in [0.2, 0.25) is 17.7 Å². The molecule has 0 aromatic heterocycles. The van der Waals surface area contributed by atoms with Crippen molar-refractivity contribution in [1.29, 1.82) is 0 Å². The third-order valence-corrected chi connectivity index (χ3v) is 13.2. The van der Waals surface area contributed by atoms with Crippen LogP contribution in [-0.4, -0.2) is 131 Å². The van der Waals surface area contributed by atoms with Crippen molar-refractivity contribution in [1.82, 2.24) is 20.2 Å². The SMILES string of the molecule is CCCCCC1(CCCCC)OC2C3CC4(C(=O)N(C)C(Cc5ccccc5)C(=O)NC(CO)CCC(=O)OC(C)(C)C)C(ON(Cc5ccc(C=CC(=O)N(C)C)cc5)C4C(=O)O3)C2O1. The third-order valence-electron chi connectivity index (χ3n) is 13.2. The lowest BCUT2D eigenvalue weighted by Crippen LogP contribution is -2.70. The number of carbonyl (C=O) groups is 5. The molecule has 2 N–H and O–H groups in total. The normalized spacial score (nSPS) is 25.2. The van der Waals surface area contributed by atoms with Crippen LogP contribution in [0.25, 0.3) is 6.08 Å². The highest BCUT2D eigenvalue weighted by Crippen LogP contribution is 2.58. The van der Waals surface area contributed by atoms with Crippen molar-refractivity contribution in [2.24, 2.45) is 5.41 Å². The predicted molar refractivity (Wildman–Crippen MR) is 247 cm³/mol. The van der Waals surface area contributed by atoms with Gasteiger partial charge >= 0.3 is 11.9 Å². The summed E-state index contributed by atoms with van der Waals surface area (Å²) in [5.74, 6) is -3.20. The Labute approximate surface area is 390 Å². The largest absolute Gasteiger partial charge is 0.460 e. The number of rotatable bonds is 22. The summed E-state index contributed by atoms with van der Waals surface area (Å²) < 4.78 is 25.8. The number of likely N-dealkylation sites (N-methyl/N-ethyl adjacent to an activating group) is 2. The van der Waals surface area contributed by atoms with E-state index in [2.05, 4.69) is 19.2 Å². The molecular formula is C51H72N4O11. The molecule has 3 amide bonds. The van der Waals surface area contributed by atoms with E-state index >= 15 is 4.79 Å². The van der Waals surface area contributed by atoms with E-state index in [4.69, 9.17) is 23.8 Å². The average Bonchev–Trinajstić information content (AvgIpc) is 3.84. The first kappa shape index (κ1) is 50.7. The van der Waals surface area contributed by atoms with Gasteiger partial charge in [0, 0.05) is 59.3 Å². The summed E-state index contributed by atoms with van der Waals surface area (Å²) in [5, 5.41) is 14.9. The standard InChI is InChI=1S/C51H72N4O11/c1-9-11-16-28-50(29-17-12-10-2)64-42-39-31-51(44(47(60)62-39)55(66-45(51)43(42)65-50)32-36-22-20-34(21-23-36)24-26-40(57)53(6)7)48(61)54(8)38(30-35-18-14-13-15-19-35)46(59)52-37(33-56)25-27-41(58)63-49(3,4)5/h13-15,18-24,26,37-39,42-45,56H,9-12,16-17,25,27-33H2,1-8H3,(H,52,59). The molecule has 362 valence electrons. The molecule has 2 aromatic carbocycles. The maximum Gasteiger partial charge on any atom is 0.327 e. The van der Waals surface area contributed by atoms with E-state index in [0.29, 0.717) is 12.8 Å². The molecule has 4 aliphatic rings. The molecule has 8 unspecified atom stereocenters. The smallest absolute Gasteiger partial charge is 0.327 e. The summed E-state index contributed by atoms with van der Waals surface area (Å²) >= 11 is 0. The monoisotopic (exact) mass is 917 g/mol. The fourth-order valence-corrected chi connectivity index (χ4v) is 9.81. The molecule has 15 nitrogen and oxygen atoms in total. The molecule has 15 heteroatoms. The Morgan fingerprint density at radius 3 is 2.18 bits per heavy atom. The first-order valence-corrected chi connectivity index (χ1v) is 23.9. The van der Waals surface area contributed by atoms with E-state index < -0.39 is 89.7 Å². The Balaban J connectivity index is 1.36. The maximum absolute atomic E-state index is 15.9. The van der Waals surface area contributed by atoms with Crippen LogP contribution in [0, 0.1) is 5.41 Å². The van der Waals surface area contributed by atoms with E-state index in [-0.39, 0.29) is 38.1 Å². The summed E-state index contributed by atoms with van der Waals surface area (Å²) in [7, 11) is 4.94. The lowest BCUT2D eigenvalue weighted by atomic mass is 9.62. The molecule has 1 aliphatic carbocycles. The molecule has 0 radical (unpaired) electrons. The number of aliphatic hydroxyl groups excluding tert-OH is 1. The van der Waals surface area contributed by atoms with E-state index in [9.17, 15) is 24.3 Å². The van der Waals surface area contributed by atoms with Crippen LogP contribution >= 0.6 is 0 Å². The maximum atomic E-state index is 15.9. The van der Waals surface area contributed by atoms with E-state index in [1.54, 1.807) is 53.1 Å². The van der Waals surface area contributed by atoms with E-state index in [1.807, 2.05) is 54.6 Å². The van der Waals surface area contributed by atoms with Gasteiger partial charge in [-0.3, -0.25) is 28.8 Å². The number of aliphatic hydroxyl groups is 1. The molecule has 4 fully saturated rings. The lowest BCUT2D eigenvalue weighted by molar-refractivity contribution is -0.225. The molecule has 3 saturated heterocycles. The summed E-state index contributed by atoms with van der Waals surface area (Å²) in [6.07, 6.45) is 7.24. The van der Waals surface area contributed by atoms with Gasteiger partial charge in [-0.2, -0.15) is 5.06 Å². The molecule has 0 spiro atoms. The van der Waals surface area contributed by atoms with Crippen LogP contribution in [-0.2, 0) is 60.7 Å². The Morgan fingerprint density at radius 1 is 0.924 bits per heavy atom. The number of hydrogen-bond acceptors (Lipinski definition) is 12. The number of fused-ring (bicyclic) bond motifs is 4. The number of carbonyl (C=O) groups excluding carboxylic acids is 5. The Hall–Kier alpha value is -4.67. The minimum absolute atomic E-state index is 0.0391. The highest BCUT2D eigenvalue weighted by Gasteiger charge is 2.76. The molecule has 3 heterocycles. The van der Waals surface area contributed by atoms with Crippen LogP contribution in [0.1, 0.15) is 122 Å². The summed E-state index contributed by atoms with van der Waals surface area (Å²) in [6.45, 7) is 9.26. The van der Waals surface area contributed by atoms with Gasteiger partial charge in [-0.15, -0.1) is 0 Å². The highest BCUT2D eigenvalue weighted by atomic mass is 16.8. The Bertz CT molecular complexity index is 2010. The Kier molecular flexibility index (Phi) is 16.9. The van der Waals surface area contributed by atoms with Gasteiger partial charge in [0.05, 0.1) is 19.2 Å². The van der Waals surface area contributed by atoms with Crippen molar-refractivity contribution in [3.8, 4) is 0 Å². The zero-order valence-corrected chi connectivity index (χ0v) is 40.2. The number of hydrogen-bond donors (Lipinski definition) is 2. The molecule has 66 heavy (non-hydrogen) atoms. The zero-order chi connectivity index (χ0) is 47.8. The van der Waals surface area contributed by atoms with Gasteiger partial charge in [-0.25, -0.2) is 0 Å². The summed E-state index contributed by atoms with van der Waals surface area (Å²) in [6, 6.07) is 13.7. The van der Waals surface area contributed by atoms with Crippen molar-refractivity contribution in [2.45, 2.75) is 172 Å². The number of benzene rings is 2. The number of hydroxylamine groups is 2. The summed E-state index contributed by atoms with van der Waals surface area (Å²) in [4.78, 5) is 79.7. The fraction of sp³-hybridized carbons (Fsp3) is 0.627. The predicted octanol–water partition coefficient (Wildman–Crippen LogP) is 5.90. The molecule has 2 aromatic rings. The lowest BCUT2D eigenvalue weighted by Gasteiger charge is -2.50. The Morgan fingerprint density at radius 2 is 1.58 bits per heavy atom. The van der Waals surface area contributed by atoms with Crippen LogP contribution in [0.4, 0.5) is 0 Å². The molecule has 6 rings (SSSR count). The van der Waals surface area contributed by atoms with Gasteiger partial charge in [0.1, 0.15) is 41.5 Å². The molecule has 2 bridgehead atoms. The average molecular weight is 917 g/mol. The van der Waals surface area contributed by atoms with Crippen LogP contribution in [0.3, 0.4) is 0 Å². The van der Waals surface area contributed by atoms with Gasteiger partial charge in [0.25, 0.3) is 0 Å². The van der Waals surface area contributed by atoms with Crippen molar-refractivity contribution in [2.75, 3.05) is 27.7 Å². The first-order valence-electron chi connectivity index (χ1n) is 23.9. The topological polar surface area (TPSA) is 173 Å². The second-order valence-corrected chi connectivity index (χ2v) is 19.7. The molecule has 3 aliphatic heterocycles. The van der Waals surface area contributed by atoms with Crippen molar-refractivity contribution in [3.05, 3.63) is 77.4 Å². The van der Waals surface area contributed by atoms with Crippen molar-refractivity contribution >= 4 is 35.7 Å². The second-order valence-electron chi connectivity index (χ2n) is 19.7. The van der Waals surface area contributed by atoms with Gasteiger partial charge in [-0.1, -0.05) is 94.1 Å². The van der Waals surface area contributed by atoms with Gasteiger partial charge in [0.15, 0.2) is 11.8 Å². The molecule has 8 atom stereocenters. The number of esters is 2. The van der Waals surface area contributed by atoms with Gasteiger partial charge < -0.3 is 39.2 Å². The van der Waals surface area contributed by atoms with Gasteiger partial charge in [-0.05, 0) is 62.8 Å². The van der Waals surface area contributed by atoms with E-state index in [1.165, 1.54) is 15.9 Å². The zero-order valence-electron chi connectivity index (χ0n) is 40.2. The number of ether oxygens (including phenoxy) is 4. The minimum Gasteiger partial charge on any atom is -0.460 e. The van der Waals surface area contributed by atoms with Crippen LogP contribution in [0.15, 0.2) is 60.7 Å².